The monoisotopic (exact) mass is 377 g/mol. The molecular weight excluding hydrogens is 350 g/mol. The summed E-state index contributed by atoms with van der Waals surface area (Å²) in [6, 6.07) is 17.6. The Labute approximate surface area is 166 Å². The highest BCUT2D eigenvalue weighted by molar-refractivity contribution is 5.94. The first-order valence-electron chi connectivity index (χ1n) is 9.67. The Hall–Kier alpha value is -3.08. The van der Waals surface area contributed by atoms with Crippen molar-refractivity contribution in [2.75, 3.05) is 0 Å². The molecule has 0 spiro atoms. The van der Waals surface area contributed by atoms with Crippen molar-refractivity contribution in [3.8, 4) is 5.75 Å². The van der Waals surface area contributed by atoms with Crippen molar-refractivity contribution in [3.63, 3.8) is 0 Å². The summed E-state index contributed by atoms with van der Waals surface area (Å²) in [4.78, 5) is 12.4. The Balaban J connectivity index is 1.56. The van der Waals surface area contributed by atoms with Crippen LogP contribution in [0.15, 0.2) is 60.8 Å². The molecular formula is C23H27N3O2. The lowest BCUT2D eigenvalue weighted by Gasteiger charge is -2.10. The number of carbonyl (C=O) groups excluding carboxylic acids is 1. The van der Waals surface area contributed by atoms with Crippen LogP contribution in [0.3, 0.4) is 0 Å². The van der Waals surface area contributed by atoms with E-state index in [0.29, 0.717) is 24.6 Å². The van der Waals surface area contributed by atoms with Crippen LogP contribution in [0.25, 0.3) is 0 Å². The van der Waals surface area contributed by atoms with E-state index in [0.717, 1.165) is 23.6 Å². The second kappa shape index (κ2) is 9.22. The minimum absolute atomic E-state index is 0.116. The fraction of sp³-hybridized carbons (Fsp3) is 0.304. The Morgan fingerprint density at radius 1 is 1.14 bits per heavy atom. The van der Waals surface area contributed by atoms with Gasteiger partial charge in [0.25, 0.3) is 5.91 Å². The lowest BCUT2D eigenvalue weighted by Crippen LogP contribution is -2.23. The third-order valence-electron chi connectivity index (χ3n) is 4.59. The van der Waals surface area contributed by atoms with Gasteiger partial charge in [-0.1, -0.05) is 38.1 Å². The van der Waals surface area contributed by atoms with Crippen molar-refractivity contribution in [2.24, 2.45) is 0 Å². The number of amides is 1. The third-order valence-corrected chi connectivity index (χ3v) is 4.59. The van der Waals surface area contributed by atoms with Crippen molar-refractivity contribution < 1.29 is 9.53 Å². The highest BCUT2D eigenvalue weighted by atomic mass is 16.5. The van der Waals surface area contributed by atoms with E-state index in [2.05, 4.69) is 36.4 Å². The predicted octanol–water partition coefficient (Wildman–Crippen LogP) is 4.54. The molecule has 0 saturated carbocycles. The lowest BCUT2D eigenvalue weighted by atomic mass is 10.0. The third kappa shape index (κ3) is 5.22. The minimum atomic E-state index is -0.116. The highest BCUT2D eigenvalue weighted by Gasteiger charge is 2.08. The maximum absolute atomic E-state index is 12.4. The number of aromatic nitrogens is 2. The fourth-order valence-electron chi connectivity index (χ4n) is 2.86. The second-order valence-electron chi connectivity index (χ2n) is 7.06. The van der Waals surface area contributed by atoms with E-state index in [1.165, 1.54) is 5.56 Å². The number of hydrogen-bond donors (Lipinski definition) is 1. The molecule has 1 N–H and O–H groups in total. The predicted molar refractivity (Wildman–Crippen MR) is 110 cm³/mol. The van der Waals surface area contributed by atoms with E-state index in [4.69, 9.17) is 4.74 Å². The number of hydrogen-bond acceptors (Lipinski definition) is 3. The highest BCUT2D eigenvalue weighted by Crippen LogP contribution is 2.19. The summed E-state index contributed by atoms with van der Waals surface area (Å²) in [6.45, 7) is 8.01. The molecule has 0 aliphatic rings. The summed E-state index contributed by atoms with van der Waals surface area (Å²) in [5, 5.41) is 7.29. The Morgan fingerprint density at radius 3 is 2.61 bits per heavy atom. The summed E-state index contributed by atoms with van der Waals surface area (Å²) >= 11 is 0. The van der Waals surface area contributed by atoms with Crippen molar-refractivity contribution in [1.82, 2.24) is 15.1 Å². The van der Waals surface area contributed by atoms with Gasteiger partial charge in [0.15, 0.2) is 0 Å². The van der Waals surface area contributed by atoms with Gasteiger partial charge in [-0.2, -0.15) is 5.10 Å². The number of carbonyl (C=O) groups is 1. The molecule has 1 amide bonds. The zero-order valence-corrected chi connectivity index (χ0v) is 16.7. The smallest absolute Gasteiger partial charge is 0.251 e. The first kappa shape index (κ1) is 19.7. The summed E-state index contributed by atoms with van der Waals surface area (Å²) in [7, 11) is 0. The van der Waals surface area contributed by atoms with Gasteiger partial charge in [0.1, 0.15) is 12.4 Å². The van der Waals surface area contributed by atoms with Gasteiger partial charge in [0.05, 0.1) is 12.2 Å². The van der Waals surface area contributed by atoms with Crippen LogP contribution < -0.4 is 10.1 Å². The summed E-state index contributed by atoms with van der Waals surface area (Å²) in [6.07, 6.45) is 1.91. The number of ether oxygens (including phenoxy) is 1. The first-order valence-corrected chi connectivity index (χ1v) is 9.67. The number of rotatable bonds is 8. The summed E-state index contributed by atoms with van der Waals surface area (Å²) < 4.78 is 7.70. The lowest BCUT2D eigenvalue weighted by molar-refractivity contribution is 0.0950. The van der Waals surface area contributed by atoms with Crippen LogP contribution in [-0.4, -0.2) is 15.7 Å². The molecule has 0 aliphatic heterocycles. The molecule has 0 aliphatic carbocycles. The number of nitrogens with one attached hydrogen (secondary N) is 1. The zero-order chi connectivity index (χ0) is 19.9. The fourth-order valence-corrected chi connectivity index (χ4v) is 2.86. The number of benzene rings is 2. The van der Waals surface area contributed by atoms with Crippen LogP contribution in [0.4, 0.5) is 0 Å². The molecule has 0 unspecified atom stereocenters. The van der Waals surface area contributed by atoms with Gasteiger partial charge in [-0.3, -0.25) is 9.48 Å². The molecule has 146 valence electrons. The van der Waals surface area contributed by atoms with Crippen LogP contribution in [0.5, 0.6) is 5.75 Å². The van der Waals surface area contributed by atoms with E-state index in [-0.39, 0.29) is 5.91 Å². The van der Waals surface area contributed by atoms with Gasteiger partial charge in [-0.25, -0.2) is 0 Å². The first-order chi connectivity index (χ1) is 13.5. The minimum Gasteiger partial charge on any atom is -0.489 e. The maximum Gasteiger partial charge on any atom is 0.251 e. The summed E-state index contributed by atoms with van der Waals surface area (Å²) in [5.41, 5.74) is 3.70. The molecule has 0 saturated heterocycles. The van der Waals surface area contributed by atoms with Crippen molar-refractivity contribution in [2.45, 2.75) is 46.4 Å². The van der Waals surface area contributed by atoms with Crippen molar-refractivity contribution in [1.29, 1.82) is 0 Å². The quantitative estimate of drug-likeness (QED) is 0.627. The zero-order valence-electron chi connectivity index (χ0n) is 16.7. The van der Waals surface area contributed by atoms with Gasteiger partial charge < -0.3 is 10.1 Å². The second-order valence-corrected chi connectivity index (χ2v) is 7.06. The topological polar surface area (TPSA) is 56.2 Å². The van der Waals surface area contributed by atoms with E-state index >= 15 is 0 Å². The van der Waals surface area contributed by atoms with E-state index in [1.807, 2.05) is 54.2 Å². The summed E-state index contributed by atoms with van der Waals surface area (Å²) in [5.74, 6) is 1.21. The average molecular weight is 377 g/mol. The molecule has 28 heavy (non-hydrogen) atoms. The van der Waals surface area contributed by atoms with Crippen LogP contribution >= 0.6 is 0 Å². The van der Waals surface area contributed by atoms with Crippen molar-refractivity contribution >= 4 is 5.91 Å². The van der Waals surface area contributed by atoms with E-state index < -0.39 is 0 Å². The molecule has 5 heteroatoms. The molecule has 3 aromatic rings. The van der Waals surface area contributed by atoms with Gasteiger partial charge in [0, 0.05) is 18.3 Å². The molecule has 0 bridgehead atoms. The van der Waals surface area contributed by atoms with Crippen molar-refractivity contribution in [3.05, 3.63) is 83.2 Å². The molecule has 0 fully saturated rings. The molecule has 1 heterocycles. The largest absolute Gasteiger partial charge is 0.489 e. The molecule has 3 rings (SSSR count). The number of nitrogens with zero attached hydrogens (tertiary/aromatic N) is 2. The van der Waals surface area contributed by atoms with Crippen LogP contribution in [0.1, 0.15) is 53.9 Å². The SMILES string of the molecule is CCn1ccc(CNC(=O)c2cccc(COc3ccc(C(C)C)cc3)c2)n1. The molecule has 2 aromatic carbocycles. The van der Waals surface area contributed by atoms with Gasteiger partial charge in [0.2, 0.25) is 0 Å². The van der Waals surface area contributed by atoms with Crippen LogP contribution in [0, 0.1) is 0 Å². The van der Waals surface area contributed by atoms with Crippen LogP contribution in [-0.2, 0) is 19.7 Å². The Morgan fingerprint density at radius 2 is 1.93 bits per heavy atom. The normalized spacial score (nSPS) is 10.9. The Kier molecular flexibility index (Phi) is 6.48. The molecule has 5 nitrogen and oxygen atoms in total. The molecule has 1 aromatic heterocycles. The van der Waals surface area contributed by atoms with Gasteiger partial charge >= 0.3 is 0 Å². The average Bonchev–Trinajstić information content (AvgIpc) is 3.19. The molecule has 0 radical (unpaired) electrons. The molecule has 0 atom stereocenters. The Bertz CT molecular complexity index is 914. The van der Waals surface area contributed by atoms with E-state index in [9.17, 15) is 4.79 Å². The standard InChI is InChI=1S/C23H27N3O2/c1-4-26-13-12-21(25-26)15-24-23(27)20-7-5-6-18(14-20)16-28-22-10-8-19(9-11-22)17(2)3/h5-14,17H,4,15-16H2,1-3H3,(H,24,27). The van der Waals surface area contributed by atoms with E-state index in [1.54, 1.807) is 6.07 Å². The van der Waals surface area contributed by atoms with Gasteiger partial charge in [-0.15, -0.1) is 0 Å². The maximum atomic E-state index is 12.4. The van der Waals surface area contributed by atoms with Crippen LogP contribution in [0.2, 0.25) is 0 Å². The van der Waals surface area contributed by atoms with Gasteiger partial charge in [-0.05, 0) is 54.3 Å². The number of aryl methyl sites for hydroxylation is 1.